The van der Waals surface area contributed by atoms with Gasteiger partial charge in [0, 0.05) is 6.54 Å². The summed E-state index contributed by atoms with van der Waals surface area (Å²) in [6.07, 6.45) is 1.78. The van der Waals surface area contributed by atoms with E-state index in [1.54, 1.807) is 24.3 Å². The van der Waals surface area contributed by atoms with Crippen LogP contribution in [0.25, 0.3) is 0 Å². The predicted molar refractivity (Wildman–Crippen MR) is 96.9 cm³/mol. The van der Waals surface area contributed by atoms with E-state index in [9.17, 15) is 19.2 Å². The molecule has 0 N–H and O–H groups in total. The van der Waals surface area contributed by atoms with Crippen molar-refractivity contribution in [3.63, 3.8) is 0 Å². The number of methoxy groups -OCH3 is 1. The van der Waals surface area contributed by atoms with Crippen molar-refractivity contribution in [3.05, 3.63) is 35.4 Å². The average molecular weight is 372 g/mol. The molecule has 1 saturated heterocycles. The monoisotopic (exact) mass is 372 g/mol. The molecule has 144 valence electrons. The highest BCUT2D eigenvalue weighted by Gasteiger charge is 2.46. The van der Waals surface area contributed by atoms with Crippen LogP contribution in [0.3, 0.4) is 0 Å². The largest absolute Gasteiger partial charge is 0.467 e. The number of benzene rings is 1. The smallest absolute Gasteiger partial charge is 0.328 e. The summed E-state index contributed by atoms with van der Waals surface area (Å²) >= 11 is 0. The van der Waals surface area contributed by atoms with Gasteiger partial charge in [-0.05, 0) is 37.3 Å². The molecule has 2 atom stereocenters. The summed E-state index contributed by atoms with van der Waals surface area (Å²) in [5.41, 5.74) is 0.638. The van der Waals surface area contributed by atoms with Gasteiger partial charge in [-0.1, -0.05) is 26.0 Å². The Morgan fingerprint density at radius 2 is 1.67 bits per heavy atom. The van der Waals surface area contributed by atoms with E-state index in [0.717, 1.165) is 4.90 Å². The molecule has 2 aliphatic rings. The van der Waals surface area contributed by atoms with E-state index in [0.29, 0.717) is 36.9 Å². The average Bonchev–Trinajstić information content (AvgIpc) is 2.78. The summed E-state index contributed by atoms with van der Waals surface area (Å²) in [6.45, 7) is 4.09. The molecule has 27 heavy (non-hydrogen) atoms. The minimum atomic E-state index is -0.897. The van der Waals surface area contributed by atoms with Crippen molar-refractivity contribution in [2.75, 3.05) is 13.7 Å². The molecule has 1 aromatic rings. The Morgan fingerprint density at radius 3 is 2.19 bits per heavy atom. The van der Waals surface area contributed by atoms with Crippen LogP contribution in [0, 0.1) is 5.92 Å². The molecule has 0 radical (unpaired) electrons. The standard InChI is InChI=1S/C20H24N2O5/c1-12(2)16(20(26)27-3)21-11-7-6-10-15(19(21)25)22-17(23)13-8-4-5-9-14(13)18(22)24/h4-5,8-9,12,15-16H,6-7,10-11H2,1-3H3/t15-,16+/m0/s1. The number of amides is 3. The third-order valence-corrected chi connectivity index (χ3v) is 5.24. The van der Waals surface area contributed by atoms with Crippen molar-refractivity contribution in [1.82, 2.24) is 9.80 Å². The summed E-state index contributed by atoms with van der Waals surface area (Å²) in [5, 5.41) is 0. The van der Waals surface area contributed by atoms with E-state index < -0.39 is 29.9 Å². The van der Waals surface area contributed by atoms with Crippen LogP contribution >= 0.6 is 0 Å². The summed E-state index contributed by atoms with van der Waals surface area (Å²) in [6, 6.07) is 4.95. The zero-order valence-corrected chi connectivity index (χ0v) is 15.8. The SMILES string of the molecule is COC(=O)[C@@H](C(C)C)N1CCCC[C@H](N2C(=O)c3ccccc3C2=O)C1=O. The maximum atomic E-state index is 13.3. The topological polar surface area (TPSA) is 84.0 Å². The second-order valence-corrected chi connectivity index (χ2v) is 7.28. The van der Waals surface area contributed by atoms with Crippen LogP contribution in [-0.2, 0) is 14.3 Å². The summed E-state index contributed by atoms with van der Waals surface area (Å²) in [4.78, 5) is 53.8. The number of hydrogen-bond donors (Lipinski definition) is 0. The Bertz CT molecular complexity index is 753. The highest BCUT2D eigenvalue weighted by atomic mass is 16.5. The molecule has 0 unspecified atom stereocenters. The quantitative estimate of drug-likeness (QED) is 0.595. The number of imide groups is 1. The van der Waals surface area contributed by atoms with Gasteiger partial charge in [-0.15, -0.1) is 0 Å². The fourth-order valence-electron chi connectivity index (χ4n) is 3.93. The number of carbonyl (C=O) groups excluding carboxylic acids is 4. The Morgan fingerprint density at radius 1 is 1.07 bits per heavy atom. The van der Waals surface area contributed by atoms with Gasteiger partial charge in [0.15, 0.2) is 0 Å². The molecule has 3 rings (SSSR count). The fraction of sp³-hybridized carbons (Fsp3) is 0.500. The molecule has 1 fully saturated rings. The first-order valence-electron chi connectivity index (χ1n) is 9.23. The van der Waals surface area contributed by atoms with Crippen LogP contribution in [0.15, 0.2) is 24.3 Å². The van der Waals surface area contributed by atoms with Crippen LogP contribution in [0.4, 0.5) is 0 Å². The van der Waals surface area contributed by atoms with Gasteiger partial charge in [0.25, 0.3) is 11.8 Å². The number of hydrogen-bond acceptors (Lipinski definition) is 5. The van der Waals surface area contributed by atoms with E-state index in [-0.39, 0.29) is 11.8 Å². The van der Waals surface area contributed by atoms with Crippen molar-refractivity contribution < 1.29 is 23.9 Å². The van der Waals surface area contributed by atoms with E-state index in [2.05, 4.69) is 0 Å². The van der Waals surface area contributed by atoms with Crippen molar-refractivity contribution in [1.29, 1.82) is 0 Å². The Kier molecular flexibility index (Phi) is 5.30. The molecule has 7 heteroatoms. The normalized spacial score (nSPS) is 21.3. The molecule has 0 bridgehead atoms. The first kappa shape index (κ1) is 19.1. The number of likely N-dealkylation sites (tertiary alicyclic amines) is 1. The van der Waals surface area contributed by atoms with Gasteiger partial charge in [-0.3, -0.25) is 19.3 Å². The summed E-state index contributed by atoms with van der Waals surface area (Å²) in [7, 11) is 1.29. The number of ether oxygens (including phenoxy) is 1. The first-order valence-corrected chi connectivity index (χ1v) is 9.23. The predicted octanol–water partition coefficient (Wildman–Crippen LogP) is 1.86. The van der Waals surface area contributed by atoms with Crippen LogP contribution in [0.5, 0.6) is 0 Å². The lowest BCUT2D eigenvalue weighted by atomic mass is 10.0. The molecule has 0 spiro atoms. The number of rotatable bonds is 4. The highest BCUT2D eigenvalue weighted by Crippen LogP contribution is 2.29. The van der Waals surface area contributed by atoms with Gasteiger partial charge >= 0.3 is 5.97 Å². The van der Waals surface area contributed by atoms with E-state index in [4.69, 9.17) is 4.74 Å². The fourth-order valence-corrected chi connectivity index (χ4v) is 3.93. The molecule has 0 saturated carbocycles. The van der Waals surface area contributed by atoms with Gasteiger partial charge in [0.1, 0.15) is 12.1 Å². The lowest BCUT2D eigenvalue weighted by molar-refractivity contribution is -0.156. The number of esters is 1. The summed E-state index contributed by atoms with van der Waals surface area (Å²) in [5.74, 6) is -1.90. The van der Waals surface area contributed by atoms with Crippen molar-refractivity contribution in [2.24, 2.45) is 5.92 Å². The molecule has 0 aliphatic carbocycles. The molecule has 1 aromatic carbocycles. The number of fused-ring (bicyclic) bond motifs is 1. The van der Waals surface area contributed by atoms with Crippen molar-refractivity contribution >= 4 is 23.7 Å². The molecule has 2 heterocycles. The zero-order chi connectivity index (χ0) is 19.7. The van der Waals surface area contributed by atoms with E-state index in [1.165, 1.54) is 12.0 Å². The van der Waals surface area contributed by atoms with E-state index in [1.807, 2.05) is 13.8 Å². The number of nitrogens with zero attached hydrogens (tertiary/aromatic N) is 2. The first-order chi connectivity index (χ1) is 12.9. The van der Waals surface area contributed by atoms with Crippen LogP contribution in [0.1, 0.15) is 53.8 Å². The number of carbonyl (C=O) groups is 4. The molecule has 7 nitrogen and oxygen atoms in total. The molecule has 0 aromatic heterocycles. The minimum absolute atomic E-state index is 0.151. The lowest BCUT2D eigenvalue weighted by Gasteiger charge is -2.35. The van der Waals surface area contributed by atoms with Crippen LogP contribution < -0.4 is 0 Å². The molecular weight excluding hydrogens is 348 g/mol. The van der Waals surface area contributed by atoms with Crippen LogP contribution in [-0.4, -0.2) is 59.2 Å². The summed E-state index contributed by atoms with van der Waals surface area (Å²) < 4.78 is 4.89. The second kappa shape index (κ2) is 7.50. The van der Waals surface area contributed by atoms with Crippen molar-refractivity contribution in [3.8, 4) is 0 Å². The van der Waals surface area contributed by atoms with E-state index >= 15 is 0 Å². The van der Waals surface area contributed by atoms with Crippen molar-refractivity contribution in [2.45, 2.75) is 45.2 Å². The maximum absolute atomic E-state index is 13.3. The second-order valence-electron chi connectivity index (χ2n) is 7.28. The van der Waals surface area contributed by atoms with Gasteiger partial charge in [0.05, 0.1) is 18.2 Å². The third-order valence-electron chi connectivity index (χ3n) is 5.24. The lowest BCUT2D eigenvalue weighted by Crippen LogP contribution is -2.55. The molecular formula is C20H24N2O5. The third kappa shape index (κ3) is 3.22. The van der Waals surface area contributed by atoms with Gasteiger partial charge < -0.3 is 9.64 Å². The Labute approximate surface area is 158 Å². The zero-order valence-electron chi connectivity index (χ0n) is 15.8. The van der Waals surface area contributed by atoms with Gasteiger partial charge in [-0.25, -0.2) is 4.79 Å². The van der Waals surface area contributed by atoms with Gasteiger partial charge in [-0.2, -0.15) is 0 Å². The minimum Gasteiger partial charge on any atom is -0.467 e. The van der Waals surface area contributed by atoms with Gasteiger partial charge in [0.2, 0.25) is 5.91 Å². The Balaban J connectivity index is 1.95. The Hall–Kier alpha value is -2.70. The molecule has 3 amide bonds. The maximum Gasteiger partial charge on any atom is 0.328 e. The highest BCUT2D eigenvalue weighted by molar-refractivity contribution is 6.22. The van der Waals surface area contributed by atoms with Crippen LogP contribution in [0.2, 0.25) is 0 Å². The molecule has 2 aliphatic heterocycles.